The number of aromatic nitrogens is 1. The van der Waals surface area contributed by atoms with Crippen molar-refractivity contribution in [3.8, 4) is 0 Å². The molecule has 7 nitrogen and oxygen atoms in total. The van der Waals surface area contributed by atoms with Gasteiger partial charge in [0.2, 0.25) is 5.91 Å². The van der Waals surface area contributed by atoms with E-state index in [9.17, 15) is 13.2 Å². The van der Waals surface area contributed by atoms with Crippen LogP contribution in [0.4, 0.5) is 10.8 Å². The minimum atomic E-state index is -3.76. The summed E-state index contributed by atoms with van der Waals surface area (Å²) in [5.41, 5.74) is 6.14. The Morgan fingerprint density at radius 3 is 2.70 bits per heavy atom. The zero-order valence-corrected chi connectivity index (χ0v) is 14.3. The fraction of sp³-hybridized carbons (Fsp3) is 0.286. The predicted molar refractivity (Wildman–Crippen MR) is 90.8 cm³/mol. The van der Waals surface area contributed by atoms with Crippen molar-refractivity contribution >= 4 is 38.1 Å². The third kappa shape index (κ3) is 4.50. The zero-order valence-electron chi connectivity index (χ0n) is 12.7. The fourth-order valence-electron chi connectivity index (χ4n) is 1.72. The molecule has 2 aromatic rings. The molecule has 1 heterocycles. The molecule has 2 rings (SSSR count). The van der Waals surface area contributed by atoms with Gasteiger partial charge in [-0.1, -0.05) is 19.9 Å². The molecule has 0 spiro atoms. The van der Waals surface area contributed by atoms with Crippen LogP contribution in [0, 0.1) is 5.92 Å². The van der Waals surface area contributed by atoms with E-state index in [-0.39, 0.29) is 21.9 Å². The van der Waals surface area contributed by atoms with Crippen LogP contribution in [-0.2, 0) is 14.8 Å². The molecule has 23 heavy (non-hydrogen) atoms. The highest BCUT2D eigenvalue weighted by atomic mass is 32.2. The van der Waals surface area contributed by atoms with Crippen LogP contribution in [0.25, 0.3) is 0 Å². The van der Waals surface area contributed by atoms with E-state index in [2.05, 4.69) is 15.0 Å². The van der Waals surface area contributed by atoms with Gasteiger partial charge in [0.25, 0.3) is 10.0 Å². The van der Waals surface area contributed by atoms with Gasteiger partial charge in [-0.3, -0.25) is 9.52 Å². The van der Waals surface area contributed by atoms with Crippen molar-refractivity contribution in [3.63, 3.8) is 0 Å². The highest BCUT2D eigenvalue weighted by Gasteiger charge is 2.19. The second-order valence-electron chi connectivity index (χ2n) is 5.23. The molecule has 0 aliphatic carbocycles. The monoisotopic (exact) mass is 354 g/mol. The molecule has 4 N–H and O–H groups in total. The van der Waals surface area contributed by atoms with Crippen molar-refractivity contribution in [1.29, 1.82) is 0 Å². The standard InChI is InChI=1S/C14H18N4O3S2/c1-9(2)12(15)13(19)17-10-4-3-5-11(8-10)23(20,21)18-14-16-6-7-22-14/h3-9,12H,15H2,1-2H3,(H,16,18)(H,17,19)/t12-/m0/s1. The third-order valence-electron chi connectivity index (χ3n) is 3.09. The Bertz CT molecular complexity index is 773. The number of nitrogens with two attached hydrogens (primary N) is 1. The van der Waals surface area contributed by atoms with Crippen LogP contribution in [0.2, 0.25) is 0 Å². The van der Waals surface area contributed by atoms with Crippen molar-refractivity contribution in [3.05, 3.63) is 35.8 Å². The summed E-state index contributed by atoms with van der Waals surface area (Å²) in [6.07, 6.45) is 1.51. The molecular formula is C14H18N4O3S2. The van der Waals surface area contributed by atoms with Crippen LogP contribution in [0.3, 0.4) is 0 Å². The molecule has 1 amide bonds. The van der Waals surface area contributed by atoms with Gasteiger partial charge in [-0.05, 0) is 24.1 Å². The SMILES string of the molecule is CC(C)[C@H](N)C(=O)Nc1cccc(S(=O)(=O)Nc2nccs2)c1. The molecule has 0 aliphatic rings. The third-order valence-corrected chi connectivity index (χ3v) is 5.24. The first-order chi connectivity index (χ1) is 10.8. The van der Waals surface area contributed by atoms with E-state index in [1.807, 2.05) is 13.8 Å². The second kappa shape index (κ2) is 7.07. The number of amides is 1. The number of carbonyl (C=O) groups is 1. The average Bonchev–Trinajstić information content (AvgIpc) is 2.98. The summed E-state index contributed by atoms with van der Waals surface area (Å²) in [4.78, 5) is 15.9. The van der Waals surface area contributed by atoms with Crippen LogP contribution < -0.4 is 15.8 Å². The smallest absolute Gasteiger partial charge is 0.263 e. The molecule has 0 unspecified atom stereocenters. The van der Waals surface area contributed by atoms with Gasteiger partial charge >= 0.3 is 0 Å². The molecule has 1 aromatic heterocycles. The number of carbonyl (C=O) groups excluding carboxylic acids is 1. The van der Waals surface area contributed by atoms with Crippen molar-refractivity contribution in [2.45, 2.75) is 24.8 Å². The number of thiazole rings is 1. The van der Waals surface area contributed by atoms with Crippen LogP contribution in [0.1, 0.15) is 13.8 Å². The van der Waals surface area contributed by atoms with E-state index in [1.165, 1.54) is 29.7 Å². The largest absolute Gasteiger partial charge is 0.325 e. The maximum Gasteiger partial charge on any atom is 0.263 e. The number of rotatable bonds is 6. The van der Waals surface area contributed by atoms with Gasteiger partial charge in [-0.25, -0.2) is 13.4 Å². The molecule has 0 aliphatic heterocycles. The molecule has 0 bridgehead atoms. The Morgan fingerprint density at radius 2 is 2.09 bits per heavy atom. The van der Waals surface area contributed by atoms with Crippen LogP contribution >= 0.6 is 11.3 Å². The quantitative estimate of drug-likeness (QED) is 0.732. The van der Waals surface area contributed by atoms with Crippen molar-refractivity contribution in [2.75, 3.05) is 10.0 Å². The van der Waals surface area contributed by atoms with Gasteiger partial charge < -0.3 is 11.1 Å². The first kappa shape index (κ1) is 17.4. The summed E-state index contributed by atoms with van der Waals surface area (Å²) in [6, 6.07) is 5.30. The van der Waals surface area contributed by atoms with Gasteiger partial charge in [0.15, 0.2) is 5.13 Å². The van der Waals surface area contributed by atoms with Gasteiger partial charge in [0.05, 0.1) is 10.9 Å². The van der Waals surface area contributed by atoms with E-state index < -0.39 is 16.1 Å². The van der Waals surface area contributed by atoms with E-state index in [4.69, 9.17) is 5.73 Å². The summed E-state index contributed by atoms with van der Waals surface area (Å²) in [5, 5.41) is 4.57. The Hall–Kier alpha value is -1.97. The molecule has 0 saturated heterocycles. The predicted octanol–water partition coefficient (Wildman–Crippen LogP) is 1.87. The molecule has 0 radical (unpaired) electrons. The number of anilines is 2. The van der Waals surface area contributed by atoms with Crippen LogP contribution in [0.5, 0.6) is 0 Å². The van der Waals surface area contributed by atoms with E-state index >= 15 is 0 Å². The molecule has 9 heteroatoms. The highest BCUT2D eigenvalue weighted by Crippen LogP contribution is 2.20. The molecule has 1 aromatic carbocycles. The minimum Gasteiger partial charge on any atom is -0.325 e. The maximum absolute atomic E-state index is 12.3. The molecular weight excluding hydrogens is 336 g/mol. The number of nitrogens with zero attached hydrogens (tertiary/aromatic N) is 1. The second-order valence-corrected chi connectivity index (χ2v) is 7.81. The molecule has 0 saturated carbocycles. The number of hydrogen-bond acceptors (Lipinski definition) is 6. The molecule has 124 valence electrons. The first-order valence-electron chi connectivity index (χ1n) is 6.88. The van der Waals surface area contributed by atoms with Gasteiger partial charge in [0, 0.05) is 17.3 Å². The van der Waals surface area contributed by atoms with E-state index in [1.54, 1.807) is 17.5 Å². The summed E-state index contributed by atoms with van der Waals surface area (Å²) < 4.78 is 27.0. The van der Waals surface area contributed by atoms with Crippen LogP contribution in [-0.4, -0.2) is 25.4 Å². The van der Waals surface area contributed by atoms with Gasteiger partial charge in [-0.2, -0.15) is 0 Å². The Labute approximate surface area is 139 Å². The number of hydrogen-bond donors (Lipinski definition) is 3. The topological polar surface area (TPSA) is 114 Å². The summed E-state index contributed by atoms with van der Waals surface area (Å²) in [6.45, 7) is 3.67. The minimum absolute atomic E-state index is 0.0199. The van der Waals surface area contributed by atoms with Gasteiger partial charge in [0.1, 0.15) is 0 Å². The van der Waals surface area contributed by atoms with Crippen LogP contribution in [0.15, 0.2) is 40.7 Å². The van der Waals surface area contributed by atoms with E-state index in [0.29, 0.717) is 5.69 Å². The van der Waals surface area contributed by atoms with Crippen molar-refractivity contribution in [2.24, 2.45) is 11.7 Å². The molecule has 0 fully saturated rings. The average molecular weight is 354 g/mol. The highest BCUT2D eigenvalue weighted by molar-refractivity contribution is 7.93. The lowest BCUT2D eigenvalue weighted by Gasteiger charge is -2.15. The lowest BCUT2D eigenvalue weighted by atomic mass is 10.1. The lowest BCUT2D eigenvalue weighted by molar-refractivity contribution is -0.118. The Morgan fingerprint density at radius 1 is 1.35 bits per heavy atom. The number of benzene rings is 1. The summed E-state index contributed by atoms with van der Waals surface area (Å²) >= 11 is 1.18. The summed E-state index contributed by atoms with van der Waals surface area (Å²) in [7, 11) is -3.76. The first-order valence-corrected chi connectivity index (χ1v) is 9.24. The normalized spacial score (nSPS) is 12.9. The number of nitrogens with one attached hydrogen (secondary N) is 2. The fourth-order valence-corrected chi connectivity index (χ4v) is 3.55. The zero-order chi connectivity index (χ0) is 17.0. The Balaban J connectivity index is 2.18. The molecule has 1 atom stereocenters. The Kier molecular flexibility index (Phi) is 5.34. The van der Waals surface area contributed by atoms with Crippen molar-refractivity contribution in [1.82, 2.24) is 4.98 Å². The van der Waals surface area contributed by atoms with Crippen molar-refractivity contribution < 1.29 is 13.2 Å². The lowest BCUT2D eigenvalue weighted by Crippen LogP contribution is -2.39. The van der Waals surface area contributed by atoms with E-state index in [0.717, 1.165) is 0 Å². The summed E-state index contributed by atoms with van der Waals surface area (Å²) in [5.74, 6) is -0.379. The maximum atomic E-state index is 12.3. The number of sulfonamides is 1. The van der Waals surface area contributed by atoms with Gasteiger partial charge in [-0.15, -0.1) is 11.3 Å².